The molecule has 4 heteroatoms. The van der Waals surface area contributed by atoms with Crippen LogP contribution in [0.4, 0.5) is 0 Å². The van der Waals surface area contributed by atoms with Gasteiger partial charge in [0.25, 0.3) is 0 Å². The van der Waals surface area contributed by atoms with Gasteiger partial charge in [0, 0.05) is 12.8 Å². The molecule has 0 aromatic carbocycles. The Kier molecular flexibility index (Phi) is 3.48. The molecule has 3 nitrogen and oxygen atoms in total. The molecule has 1 aliphatic carbocycles. The third-order valence-corrected chi connectivity index (χ3v) is 3.81. The van der Waals surface area contributed by atoms with Gasteiger partial charge < -0.3 is 5.73 Å². The van der Waals surface area contributed by atoms with E-state index in [4.69, 9.17) is 5.73 Å². The normalized spacial score (nSPS) is 17.8. The highest BCUT2D eigenvalue weighted by Gasteiger charge is 2.17. The maximum atomic E-state index is 5.47. The highest BCUT2D eigenvalue weighted by molar-refractivity contribution is 7.11. The summed E-state index contributed by atoms with van der Waals surface area (Å²) in [5.74, 6) is 0.869. The molecule has 78 valence electrons. The average molecular weight is 211 g/mol. The monoisotopic (exact) mass is 211 g/mol. The minimum absolute atomic E-state index is 0.679. The molecule has 1 fully saturated rings. The molecule has 0 amide bonds. The van der Waals surface area contributed by atoms with Gasteiger partial charge in [-0.3, -0.25) is 0 Å². The summed E-state index contributed by atoms with van der Waals surface area (Å²) in [7, 11) is 0. The van der Waals surface area contributed by atoms with Crippen molar-refractivity contribution in [3.05, 3.63) is 10.0 Å². The fourth-order valence-electron chi connectivity index (χ4n) is 2.06. The van der Waals surface area contributed by atoms with Gasteiger partial charge in [-0.2, -0.15) is 0 Å². The molecule has 1 aromatic rings. The van der Waals surface area contributed by atoms with Gasteiger partial charge in [0.15, 0.2) is 0 Å². The zero-order valence-corrected chi connectivity index (χ0v) is 9.22. The molecule has 2 N–H and O–H groups in total. The van der Waals surface area contributed by atoms with Crippen LogP contribution in [-0.4, -0.2) is 16.7 Å². The van der Waals surface area contributed by atoms with Crippen molar-refractivity contribution in [1.29, 1.82) is 0 Å². The van der Waals surface area contributed by atoms with E-state index in [1.807, 2.05) is 0 Å². The molecule has 14 heavy (non-hydrogen) atoms. The largest absolute Gasteiger partial charge is 0.330 e. The molecule has 1 saturated carbocycles. The van der Waals surface area contributed by atoms with E-state index in [-0.39, 0.29) is 0 Å². The summed E-state index contributed by atoms with van der Waals surface area (Å²) in [5.41, 5.74) is 5.47. The van der Waals surface area contributed by atoms with Gasteiger partial charge in [-0.05, 0) is 12.5 Å². The predicted octanol–water partition coefficient (Wildman–Crippen LogP) is 1.77. The lowest BCUT2D eigenvalue weighted by Gasteiger charge is -2.03. The Balaban J connectivity index is 1.88. The van der Waals surface area contributed by atoms with E-state index in [0.717, 1.165) is 23.8 Å². The quantitative estimate of drug-likeness (QED) is 0.826. The number of aromatic nitrogens is 2. The van der Waals surface area contributed by atoms with Crippen LogP contribution in [0.5, 0.6) is 0 Å². The molecule has 0 unspecified atom stereocenters. The van der Waals surface area contributed by atoms with Crippen LogP contribution < -0.4 is 5.73 Å². The van der Waals surface area contributed by atoms with Crippen molar-refractivity contribution < 1.29 is 0 Å². The second-order valence-corrected chi connectivity index (χ2v) is 5.13. The third-order valence-electron chi connectivity index (χ3n) is 2.80. The molecule has 0 bridgehead atoms. The number of nitrogens with zero attached hydrogens (tertiary/aromatic N) is 2. The Labute approximate surface area is 88.7 Å². The van der Waals surface area contributed by atoms with E-state index in [1.54, 1.807) is 11.3 Å². The minimum atomic E-state index is 0.679. The standard InChI is InChI=1S/C10H17N3S/c11-6-5-9-12-13-10(14-9)7-8-3-1-2-4-8/h8H,1-7,11H2. The van der Waals surface area contributed by atoms with Crippen LogP contribution in [0.3, 0.4) is 0 Å². The molecule has 0 aliphatic heterocycles. The van der Waals surface area contributed by atoms with Crippen molar-refractivity contribution in [2.45, 2.75) is 38.5 Å². The van der Waals surface area contributed by atoms with E-state index in [9.17, 15) is 0 Å². The molecular weight excluding hydrogens is 194 g/mol. The summed E-state index contributed by atoms with van der Waals surface area (Å²) in [5, 5.41) is 10.7. The molecule has 1 heterocycles. The Morgan fingerprint density at radius 3 is 2.64 bits per heavy atom. The third kappa shape index (κ3) is 2.51. The number of nitrogens with two attached hydrogens (primary N) is 1. The van der Waals surface area contributed by atoms with Crippen LogP contribution in [0.1, 0.15) is 35.7 Å². The maximum absolute atomic E-state index is 5.47. The van der Waals surface area contributed by atoms with Gasteiger partial charge in [-0.15, -0.1) is 21.5 Å². The Hall–Kier alpha value is -0.480. The fraction of sp³-hybridized carbons (Fsp3) is 0.800. The molecule has 0 atom stereocenters. The molecule has 0 spiro atoms. The first-order chi connectivity index (χ1) is 6.88. The first-order valence-electron chi connectivity index (χ1n) is 5.40. The summed E-state index contributed by atoms with van der Waals surface area (Å²) in [6.07, 6.45) is 7.58. The highest BCUT2D eigenvalue weighted by atomic mass is 32.1. The number of hydrogen-bond acceptors (Lipinski definition) is 4. The summed E-state index contributed by atoms with van der Waals surface area (Å²) in [4.78, 5) is 0. The summed E-state index contributed by atoms with van der Waals surface area (Å²) < 4.78 is 0. The van der Waals surface area contributed by atoms with E-state index in [0.29, 0.717) is 6.54 Å². The Bertz CT molecular complexity index is 279. The van der Waals surface area contributed by atoms with E-state index in [2.05, 4.69) is 10.2 Å². The molecule has 2 rings (SSSR count). The van der Waals surface area contributed by atoms with E-state index >= 15 is 0 Å². The molecule has 1 aromatic heterocycles. The fourth-order valence-corrected chi connectivity index (χ4v) is 3.03. The van der Waals surface area contributed by atoms with Gasteiger partial charge in [-0.25, -0.2) is 0 Å². The topological polar surface area (TPSA) is 51.8 Å². The van der Waals surface area contributed by atoms with Gasteiger partial charge >= 0.3 is 0 Å². The smallest absolute Gasteiger partial charge is 0.118 e. The highest BCUT2D eigenvalue weighted by Crippen LogP contribution is 2.28. The number of hydrogen-bond donors (Lipinski definition) is 1. The van der Waals surface area contributed by atoms with Crippen molar-refractivity contribution in [1.82, 2.24) is 10.2 Å². The molecule has 0 radical (unpaired) electrons. The molecular formula is C10H17N3S. The Morgan fingerprint density at radius 2 is 1.93 bits per heavy atom. The van der Waals surface area contributed by atoms with Gasteiger partial charge in [-0.1, -0.05) is 25.7 Å². The molecule has 0 saturated heterocycles. The summed E-state index contributed by atoms with van der Waals surface area (Å²) >= 11 is 1.74. The lowest BCUT2D eigenvalue weighted by atomic mass is 10.1. The van der Waals surface area contributed by atoms with E-state index < -0.39 is 0 Å². The number of rotatable bonds is 4. The van der Waals surface area contributed by atoms with Gasteiger partial charge in [0.2, 0.25) is 0 Å². The van der Waals surface area contributed by atoms with Gasteiger partial charge in [0.1, 0.15) is 10.0 Å². The molecule has 1 aliphatic rings. The first kappa shape index (κ1) is 10.1. The van der Waals surface area contributed by atoms with Crippen molar-refractivity contribution in [3.63, 3.8) is 0 Å². The van der Waals surface area contributed by atoms with Crippen LogP contribution >= 0.6 is 11.3 Å². The predicted molar refractivity (Wildman–Crippen MR) is 58.3 cm³/mol. The minimum Gasteiger partial charge on any atom is -0.330 e. The lowest BCUT2D eigenvalue weighted by molar-refractivity contribution is 0.542. The summed E-state index contributed by atoms with van der Waals surface area (Å²) in [6, 6.07) is 0. The van der Waals surface area contributed by atoms with Crippen molar-refractivity contribution in [3.8, 4) is 0 Å². The lowest BCUT2D eigenvalue weighted by Crippen LogP contribution is -2.01. The second kappa shape index (κ2) is 4.84. The van der Waals surface area contributed by atoms with Crippen LogP contribution in [-0.2, 0) is 12.8 Å². The van der Waals surface area contributed by atoms with Gasteiger partial charge in [0.05, 0.1) is 0 Å². The van der Waals surface area contributed by atoms with Crippen molar-refractivity contribution >= 4 is 11.3 Å². The Morgan fingerprint density at radius 1 is 1.21 bits per heavy atom. The SMILES string of the molecule is NCCc1nnc(CC2CCCC2)s1. The van der Waals surface area contributed by atoms with Crippen molar-refractivity contribution in [2.75, 3.05) is 6.54 Å². The average Bonchev–Trinajstić information content (AvgIpc) is 2.79. The van der Waals surface area contributed by atoms with E-state index in [1.165, 1.54) is 30.7 Å². The summed E-state index contributed by atoms with van der Waals surface area (Å²) in [6.45, 7) is 0.679. The zero-order valence-electron chi connectivity index (χ0n) is 8.41. The van der Waals surface area contributed by atoms with Crippen LogP contribution in [0.15, 0.2) is 0 Å². The maximum Gasteiger partial charge on any atom is 0.118 e. The van der Waals surface area contributed by atoms with Crippen LogP contribution in [0.25, 0.3) is 0 Å². The second-order valence-electron chi connectivity index (χ2n) is 3.98. The van der Waals surface area contributed by atoms with Crippen molar-refractivity contribution in [2.24, 2.45) is 11.7 Å². The van der Waals surface area contributed by atoms with Crippen LogP contribution in [0.2, 0.25) is 0 Å². The zero-order chi connectivity index (χ0) is 9.80. The van der Waals surface area contributed by atoms with Crippen LogP contribution in [0, 0.1) is 5.92 Å². The first-order valence-corrected chi connectivity index (χ1v) is 6.21.